The quantitative estimate of drug-likeness (QED) is 0.606. The molecule has 2 saturated carbocycles. The molecular formula is C23H32O4. The molecule has 2 fully saturated rings. The van der Waals surface area contributed by atoms with Crippen LogP contribution in [0.3, 0.4) is 0 Å². The van der Waals surface area contributed by atoms with Crippen LogP contribution in [0, 0.1) is 22.7 Å². The first-order chi connectivity index (χ1) is 12.8. The minimum absolute atomic E-state index is 0.00336. The summed E-state index contributed by atoms with van der Waals surface area (Å²) in [4.78, 5) is 12.2. The highest BCUT2D eigenvalue weighted by Crippen LogP contribution is 2.61. The highest BCUT2D eigenvalue weighted by Gasteiger charge is 2.57. The van der Waals surface area contributed by atoms with Gasteiger partial charge in [-0.1, -0.05) is 44.2 Å². The van der Waals surface area contributed by atoms with Gasteiger partial charge in [0.2, 0.25) is 0 Å². The Labute approximate surface area is 162 Å². The van der Waals surface area contributed by atoms with Crippen molar-refractivity contribution in [3.05, 3.63) is 48.0 Å². The summed E-state index contributed by atoms with van der Waals surface area (Å²) in [6.45, 7) is 8.95. The van der Waals surface area contributed by atoms with Crippen molar-refractivity contribution < 1.29 is 19.7 Å². The lowest BCUT2D eigenvalue weighted by Crippen LogP contribution is -2.57. The average molecular weight is 373 g/mol. The maximum Gasteiger partial charge on any atom is 0.338 e. The molecule has 0 amide bonds. The molecule has 2 aliphatic rings. The Morgan fingerprint density at radius 1 is 1.26 bits per heavy atom. The van der Waals surface area contributed by atoms with E-state index in [0.717, 1.165) is 25.7 Å². The lowest BCUT2D eigenvalue weighted by molar-refractivity contribution is -0.153. The van der Waals surface area contributed by atoms with Crippen LogP contribution < -0.4 is 0 Å². The van der Waals surface area contributed by atoms with Gasteiger partial charge in [-0.05, 0) is 61.5 Å². The van der Waals surface area contributed by atoms with Crippen molar-refractivity contribution in [2.45, 2.75) is 52.1 Å². The first kappa shape index (κ1) is 20.1. The number of aliphatic hydroxyl groups excluding tert-OH is 2. The largest absolute Gasteiger partial charge is 0.462 e. The predicted octanol–water partition coefficient (Wildman–Crippen LogP) is 3.98. The molecule has 148 valence electrons. The summed E-state index contributed by atoms with van der Waals surface area (Å²) < 4.78 is 5.52. The predicted molar refractivity (Wildman–Crippen MR) is 105 cm³/mol. The number of allylic oxidation sites excluding steroid dienone is 1. The van der Waals surface area contributed by atoms with E-state index in [4.69, 9.17) is 4.74 Å². The Kier molecular flexibility index (Phi) is 5.78. The highest BCUT2D eigenvalue weighted by molar-refractivity contribution is 5.89. The minimum Gasteiger partial charge on any atom is -0.462 e. The summed E-state index contributed by atoms with van der Waals surface area (Å²) >= 11 is 0. The van der Waals surface area contributed by atoms with E-state index in [9.17, 15) is 15.0 Å². The van der Waals surface area contributed by atoms with Crippen LogP contribution in [0.1, 0.15) is 56.3 Å². The van der Waals surface area contributed by atoms with Crippen molar-refractivity contribution in [1.82, 2.24) is 0 Å². The molecule has 27 heavy (non-hydrogen) atoms. The minimum atomic E-state index is -0.479. The highest BCUT2D eigenvalue weighted by atomic mass is 16.5. The summed E-state index contributed by atoms with van der Waals surface area (Å²) in [6.07, 6.45) is 3.72. The summed E-state index contributed by atoms with van der Waals surface area (Å²) in [5, 5.41) is 20.6. The lowest BCUT2D eigenvalue weighted by Gasteiger charge is -2.60. The fraction of sp³-hybridized carbons (Fsp3) is 0.609. The van der Waals surface area contributed by atoms with Gasteiger partial charge in [-0.15, -0.1) is 0 Å². The van der Waals surface area contributed by atoms with Crippen molar-refractivity contribution in [3.8, 4) is 0 Å². The molecule has 3 rings (SSSR count). The molecule has 1 aromatic rings. The van der Waals surface area contributed by atoms with Crippen molar-refractivity contribution in [2.75, 3.05) is 13.2 Å². The van der Waals surface area contributed by atoms with Crippen molar-refractivity contribution in [3.63, 3.8) is 0 Å². The molecule has 4 heteroatoms. The number of fused-ring (bicyclic) bond motifs is 1. The van der Waals surface area contributed by atoms with E-state index in [-0.39, 0.29) is 29.8 Å². The van der Waals surface area contributed by atoms with E-state index < -0.39 is 11.5 Å². The van der Waals surface area contributed by atoms with Crippen molar-refractivity contribution >= 4 is 5.97 Å². The maximum atomic E-state index is 12.2. The smallest absolute Gasteiger partial charge is 0.338 e. The number of rotatable bonds is 5. The van der Waals surface area contributed by atoms with Gasteiger partial charge in [-0.3, -0.25) is 0 Å². The summed E-state index contributed by atoms with van der Waals surface area (Å²) in [5.41, 5.74) is 1.26. The van der Waals surface area contributed by atoms with Gasteiger partial charge in [0.05, 0.1) is 24.9 Å². The molecule has 0 heterocycles. The van der Waals surface area contributed by atoms with Gasteiger partial charge < -0.3 is 14.9 Å². The third kappa shape index (κ3) is 3.57. The molecule has 2 N–H and O–H groups in total. The second-order valence-corrected chi connectivity index (χ2v) is 8.82. The number of hydrogen-bond donors (Lipinski definition) is 2. The molecule has 0 aromatic heterocycles. The molecular weight excluding hydrogens is 340 g/mol. The van der Waals surface area contributed by atoms with Crippen LogP contribution in [-0.2, 0) is 4.74 Å². The van der Waals surface area contributed by atoms with Gasteiger partial charge in [0.1, 0.15) is 0 Å². The summed E-state index contributed by atoms with van der Waals surface area (Å²) in [6, 6.07) is 9.05. The second kappa shape index (κ2) is 7.76. The van der Waals surface area contributed by atoms with Gasteiger partial charge >= 0.3 is 5.97 Å². The molecule has 1 unspecified atom stereocenters. The van der Waals surface area contributed by atoms with Gasteiger partial charge in [0, 0.05) is 5.41 Å². The number of ether oxygens (including phenoxy) is 1. The van der Waals surface area contributed by atoms with Crippen LogP contribution in [0.25, 0.3) is 0 Å². The Balaban J connectivity index is 1.70. The fourth-order valence-electron chi connectivity index (χ4n) is 5.66. The Morgan fingerprint density at radius 3 is 2.63 bits per heavy atom. The molecule has 0 radical (unpaired) electrons. The van der Waals surface area contributed by atoms with Gasteiger partial charge in [-0.2, -0.15) is 0 Å². The van der Waals surface area contributed by atoms with Crippen LogP contribution in [0.4, 0.5) is 0 Å². The SMILES string of the molecule is C=C1CCC2[C@](C)(CO)[C@H](O)CC[C@@]2(C)[C@@H]1CCOC(=O)c1ccccc1. The van der Waals surface area contributed by atoms with Crippen LogP contribution in [-0.4, -0.2) is 35.5 Å². The Bertz CT molecular complexity index is 685. The zero-order valence-electron chi connectivity index (χ0n) is 16.5. The standard InChI is InChI=1S/C23H32O4/c1-16-9-10-19-22(2,13-11-20(25)23(19,3)15-24)18(16)12-14-27-21(26)17-7-5-4-6-8-17/h4-8,18-20,24-25H,1,9-15H2,2-3H3/t18-,19?,20-,22+,23+/m1/s1. The molecule has 0 spiro atoms. The number of benzene rings is 1. The monoisotopic (exact) mass is 372 g/mol. The molecule has 1 aromatic carbocycles. The van der Waals surface area contributed by atoms with E-state index in [1.54, 1.807) is 12.1 Å². The number of carbonyl (C=O) groups is 1. The normalized spacial score (nSPS) is 36.1. The Morgan fingerprint density at radius 2 is 1.96 bits per heavy atom. The van der Waals surface area contributed by atoms with Crippen LogP contribution in [0.15, 0.2) is 42.5 Å². The summed E-state index contributed by atoms with van der Waals surface area (Å²) in [7, 11) is 0. The van der Waals surface area contributed by atoms with E-state index in [2.05, 4.69) is 13.5 Å². The fourth-order valence-corrected chi connectivity index (χ4v) is 5.66. The van der Waals surface area contributed by atoms with Crippen LogP contribution >= 0.6 is 0 Å². The topological polar surface area (TPSA) is 66.8 Å². The first-order valence-corrected chi connectivity index (χ1v) is 10.0. The zero-order valence-corrected chi connectivity index (χ0v) is 16.5. The van der Waals surface area contributed by atoms with E-state index >= 15 is 0 Å². The first-order valence-electron chi connectivity index (χ1n) is 10.0. The maximum absolute atomic E-state index is 12.2. The van der Waals surface area contributed by atoms with E-state index in [1.165, 1.54) is 5.57 Å². The van der Waals surface area contributed by atoms with Crippen LogP contribution in [0.5, 0.6) is 0 Å². The van der Waals surface area contributed by atoms with Crippen molar-refractivity contribution in [1.29, 1.82) is 0 Å². The molecule has 4 nitrogen and oxygen atoms in total. The molecule has 0 saturated heterocycles. The average Bonchev–Trinajstić information content (AvgIpc) is 2.68. The van der Waals surface area contributed by atoms with Gasteiger partial charge in [0.15, 0.2) is 0 Å². The van der Waals surface area contributed by atoms with Crippen molar-refractivity contribution in [2.24, 2.45) is 22.7 Å². The zero-order chi connectivity index (χ0) is 19.7. The molecule has 0 aliphatic heterocycles. The summed E-state index contributed by atoms with van der Waals surface area (Å²) in [5.74, 6) is 0.176. The van der Waals surface area contributed by atoms with Gasteiger partial charge in [0.25, 0.3) is 0 Å². The number of aliphatic hydroxyl groups is 2. The third-order valence-electron chi connectivity index (χ3n) is 7.34. The molecule has 2 aliphatic carbocycles. The van der Waals surface area contributed by atoms with E-state index in [1.807, 2.05) is 25.1 Å². The lowest BCUT2D eigenvalue weighted by atomic mass is 9.46. The third-order valence-corrected chi connectivity index (χ3v) is 7.34. The second-order valence-electron chi connectivity index (χ2n) is 8.82. The molecule has 5 atom stereocenters. The Hall–Kier alpha value is -1.65. The molecule has 0 bridgehead atoms. The number of hydrogen-bond acceptors (Lipinski definition) is 4. The number of carbonyl (C=O) groups excluding carboxylic acids is 1. The van der Waals surface area contributed by atoms with Crippen LogP contribution in [0.2, 0.25) is 0 Å². The number of esters is 1. The van der Waals surface area contributed by atoms with Gasteiger partial charge in [-0.25, -0.2) is 4.79 Å². The van der Waals surface area contributed by atoms with E-state index in [0.29, 0.717) is 18.6 Å².